The lowest BCUT2D eigenvalue weighted by atomic mass is 10.2. The second kappa shape index (κ2) is 5.90. The van der Waals surface area contributed by atoms with Crippen molar-refractivity contribution in [3.05, 3.63) is 35.5 Å². The molecule has 0 radical (unpaired) electrons. The van der Waals surface area contributed by atoms with Crippen LogP contribution in [0.5, 0.6) is 0 Å². The van der Waals surface area contributed by atoms with E-state index in [4.69, 9.17) is 9.15 Å². The maximum atomic E-state index is 12.4. The van der Waals surface area contributed by atoms with Crippen LogP contribution in [0.2, 0.25) is 0 Å². The summed E-state index contributed by atoms with van der Waals surface area (Å²) < 4.78 is 11.9. The Morgan fingerprint density at radius 2 is 2.36 bits per heavy atom. The largest absolute Gasteiger partial charge is 0.469 e. The van der Waals surface area contributed by atoms with E-state index in [9.17, 15) is 9.90 Å². The molecule has 3 rings (SSSR count). The number of aryl methyl sites for hydroxylation is 1. The van der Waals surface area contributed by atoms with Crippen LogP contribution >= 0.6 is 0 Å². The molecule has 0 unspecified atom stereocenters. The van der Waals surface area contributed by atoms with Gasteiger partial charge in [0.2, 0.25) is 0 Å². The van der Waals surface area contributed by atoms with Crippen LogP contribution in [0.4, 0.5) is 0 Å². The number of furan rings is 1. The molecule has 0 saturated carbocycles. The Morgan fingerprint density at radius 1 is 1.55 bits per heavy atom. The molecule has 3 heterocycles. The van der Waals surface area contributed by atoms with Crippen molar-refractivity contribution < 1.29 is 19.1 Å². The van der Waals surface area contributed by atoms with Crippen molar-refractivity contribution in [1.82, 2.24) is 19.9 Å². The van der Waals surface area contributed by atoms with Gasteiger partial charge in [-0.2, -0.15) is 0 Å². The average Bonchev–Trinajstić information content (AvgIpc) is 3.20. The highest BCUT2D eigenvalue weighted by molar-refractivity contribution is 5.91. The molecule has 22 heavy (non-hydrogen) atoms. The number of aliphatic hydroxyl groups is 1. The fourth-order valence-electron chi connectivity index (χ4n) is 2.42. The van der Waals surface area contributed by atoms with Crippen LogP contribution in [-0.2, 0) is 11.3 Å². The molecule has 1 fully saturated rings. The maximum absolute atomic E-state index is 12.4. The van der Waals surface area contributed by atoms with Crippen LogP contribution < -0.4 is 0 Å². The molecule has 2 aromatic rings. The van der Waals surface area contributed by atoms with Crippen molar-refractivity contribution >= 4 is 5.91 Å². The first-order valence-electron chi connectivity index (χ1n) is 7.02. The van der Waals surface area contributed by atoms with Crippen molar-refractivity contribution in [2.75, 3.05) is 20.3 Å². The van der Waals surface area contributed by atoms with Gasteiger partial charge in [-0.05, 0) is 13.0 Å². The van der Waals surface area contributed by atoms with Crippen LogP contribution in [0.3, 0.4) is 0 Å². The number of carbonyl (C=O) groups is 1. The van der Waals surface area contributed by atoms with Crippen LogP contribution in [0.1, 0.15) is 27.9 Å². The van der Waals surface area contributed by atoms with E-state index >= 15 is 0 Å². The highest BCUT2D eigenvalue weighted by atomic mass is 16.5. The third-order valence-electron chi connectivity index (χ3n) is 3.81. The number of nitrogens with zero attached hydrogens (tertiary/aromatic N) is 4. The molecule has 0 spiro atoms. The standard InChI is InChI=1S/C14H18N4O4/c1-9-10(3-4-22-9)5-17(2)14(20)11-6-18(16-15-11)12-7-21-8-13(12)19/h3-4,6,12-13,19H,5,7-8H2,1-2H3/t12-,13-/m1/s1. The van der Waals surface area contributed by atoms with E-state index < -0.39 is 6.10 Å². The van der Waals surface area contributed by atoms with E-state index in [2.05, 4.69) is 10.3 Å². The van der Waals surface area contributed by atoms with Crippen LogP contribution in [-0.4, -0.2) is 57.3 Å². The lowest BCUT2D eigenvalue weighted by Crippen LogP contribution is -2.26. The number of ether oxygens (including phenoxy) is 1. The van der Waals surface area contributed by atoms with Crippen LogP contribution in [0, 0.1) is 6.92 Å². The molecule has 1 N–H and O–H groups in total. The van der Waals surface area contributed by atoms with Gasteiger partial charge in [-0.25, -0.2) is 4.68 Å². The van der Waals surface area contributed by atoms with Gasteiger partial charge in [0.25, 0.3) is 5.91 Å². The van der Waals surface area contributed by atoms with Gasteiger partial charge in [-0.3, -0.25) is 4.79 Å². The van der Waals surface area contributed by atoms with Crippen molar-refractivity contribution in [2.45, 2.75) is 25.6 Å². The van der Waals surface area contributed by atoms with Gasteiger partial charge in [0.1, 0.15) is 17.9 Å². The molecule has 1 aliphatic heterocycles. The summed E-state index contributed by atoms with van der Waals surface area (Å²) in [5.74, 6) is 0.551. The molecule has 2 aromatic heterocycles. The SMILES string of the molecule is Cc1occc1CN(C)C(=O)c1cn([C@@H]2COC[C@H]2O)nn1. The molecule has 0 aromatic carbocycles. The first kappa shape index (κ1) is 14.7. The van der Waals surface area contributed by atoms with Gasteiger partial charge >= 0.3 is 0 Å². The number of hydrogen-bond acceptors (Lipinski definition) is 6. The molecule has 1 aliphatic rings. The van der Waals surface area contributed by atoms with Crippen LogP contribution in [0.25, 0.3) is 0 Å². The molecule has 8 heteroatoms. The van der Waals surface area contributed by atoms with Crippen molar-refractivity contribution in [3.8, 4) is 0 Å². The first-order valence-corrected chi connectivity index (χ1v) is 7.02. The van der Waals surface area contributed by atoms with E-state index in [1.807, 2.05) is 13.0 Å². The van der Waals surface area contributed by atoms with Gasteiger partial charge < -0.3 is 19.2 Å². The van der Waals surface area contributed by atoms with Crippen molar-refractivity contribution in [2.24, 2.45) is 0 Å². The Kier molecular flexibility index (Phi) is 3.95. The highest BCUT2D eigenvalue weighted by Crippen LogP contribution is 2.19. The third kappa shape index (κ3) is 2.75. The first-order chi connectivity index (χ1) is 10.6. The summed E-state index contributed by atoms with van der Waals surface area (Å²) in [6, 6.07) is 1.54. The predicted molar refractivity (Wildman–Crippen MR) is 75.1 cm³/mol. The number of aromatic nitrogens is 3. The quantitative estimate of drug-likeness (QED) is 0.878. The zero-order valence-corrected chi connectivity index (χ0v) is 12.5. The minimum Gasteiger partial charge on any atom is -0.469 e. The number of aliphatic hydroxyl groups excluding tert-OH is 1. The lowest BCUT2D eigenvalue weighted by molar-refractivity contribution is 0.0778. The number of amides is 1. The fourth-order valence-corrected chi connectivity index (χ4v) is 2.42. The molecular formula is C14H18N4O4. The maximum Gasteiger partial charge on any atom is 0.276 e. The second-order valence-electron chi connectivity index (χ2n) is 5.42. The summed E-state index contributed by atoms with van der Waals surface area (Å²) in [5.41, 5.74) is 1.19. The number of carbonyl (C=O) groups excluding carboxylic acids is 1. The molecule has 0 aliphatic carbocycles. The molecule has 1 saturated heterocycles. The summed E-state index contributed by atoms with van der Waals surface area (Å²) in [5, 5.41) is 17.6. The van der Waals surface area contributed by atoms with Gasteiger partial charge in [0, 0.05) is 19.2 Å². The Balaban J connectivity index is 1.70. The van der Waals surface area contributed by atoms with Crippen LogP contribution in [0.15, 0.2) is 22.9 Å². The van der Waals surface area contributed by atoms with Crippen molar-refractivity contribution in [3.63, 3.8) is 0 Å². The van der Waals surface area contributed by atoms with E-state index in [1.165, 1.54) is 4.68 Å². The third-order valence-corrected chi connectivity index (χ3v) is 3.81. The molecule has 2 atom stereocenters. The predicted octanol–water partition coefficient (Wildman–Crippen LogP) is 0.384. The smallest absolute Gasteiger partial charge is 0.276 e. The summed E-state index contributed by atoms with van der Waals surface area (Å²) in [6.07, 6.45) is 2.51. The Bertz CT molecular complexity index is 665. The lowest BCUT2D eigenvalue weighted by Gasteiger charge is -2.15. The molecular weight excluding hydrogens is 288 g/mol. The highest BCUT2D eigenvalue weighted by Gasteiger charge is 2.29. The zero-order chi connectivity index (χ0) is 15.7. The van der Waals surface area contributed by atoms with Gasteiger partial charge in [0.05, 0.1) is 25.7 Å². The monoisotopic (exact) mass is 306 g/mol. The average molecular weight is 306 g/mol. The minimum absolute atomic E-state index is 0.236. The Morgan fingerprint density at radius 3 is 3.00 bits per heavy atom. The molecule has 1 amide bonds. The Labute approximate surface area is 127 Å². The van der Waals surface area contributed by atoms with Gasteiger partial charge in [-0.1, -0.05) is 5.21 Å². The van der Waals surface area contributed by atoms with Crippen molar-refractivity contribution in [1.29, 1.82) is 0 Å². The summed E-state index contributed by atoms with van der Waals surface area (Å²) in [4.78, 5) is 13.9. The summed E-state index contributed by atoms with van der Waals surface area (Å²) in [6.45, 7) is 2.92. The Hall–Kier alpha value is -2.19. The van der Waals surface area contributed by atoms with E-state index in [1.54, 1.807) is 24.4 Å². The number of hydrogen-bond donors (Lipinski definition) is 1. The van der Waals surface area contributed by atoms with Gasteiger partial charge in [-0.15, -0.1) is 5.10 Å². The molecule has 118 valence electrons. The topological polar surface area (TPSA) is 93.6 Å². The minimum atomic E-state index is -0.629. The van der Waals surface area contributed by atoms with E-state index in [0.29, 0.717) is 13.2 Å². The van der Waals surface area contributed by atoms with E-state index in [-0.39, 0.29) is 24.2 Å². The van der Waals surface area contributed by atoms with E-state index in [0.717, 1.165) is 11.3 Å². The fraction of sp³-hybridized carbons (Fsp3) is 0.500. The summed E-state index contributed by atoms with van der Waals surface area (Å²) >= 11 is 0. The second-order valence-corrected chi connectivity index (χ2v) is 5.42. The normalized spacial score (nSPS) is 21.2. The van der Waals surface area contributed by atoms with Gasteiger partial charge in [0.15, 0.2) is 5.69 Å². The molecule has 0 bridgehead atoms. The summed E-state index contributed by atoms with van der Waals surface area (Å²) in [7, 11) is 1.70. The number of rotatable bonds is 4. The molecule has 8 nitrogen and oxygen atoms in total. The zero-order valence-electron chi connectivity index (χ0n) is 12.5.